The molecule has 0 spiro atoms. The molecule has 0 aliphatic carbocycles. The summed E-state index contributed by atoms with van der Waals surface area (Å²) in [5.41, 5.74) is 0.443. The normalized spacial score (nSPS) is 10.9. The van der Waals surface area contributed by atoms with E-state index in [4.69, 9.17) is 4.74 Å². The number of rotatable bonds is 6. The van der Waals surface area contributed by atoms with Gasteiger partial charge in [-0.15, -0.1) is 0 Å². The number of carbonyl (C=O) groups is 1. The van der Waals surface area contributed by atoms with Crippen LogP contribution in [-0.2, 0) is 4.79 Å². The van der Waals surface area contributed by atoms with Crippen molar-refractivity contribution in [2.24, 2.45) is 0 Å². The van der Waals surface area contributed by atoms with E-state index in [-0.39, 0.29) is 17.9 Å². The van der Waals surface area contributed by atoms with Crippen LogP contribution in [0.25, 0.3) is 16.8 Å². The predicted octanol–water partition coefficient (Wildman–Crippen LogP) is 5.09. The maximum Gasteiger partial charge on any atom is 0.266 e. The Morgan fingerprint density at radius 2 is 1.89 bits per heavy atom. The lowest BCUT2D eigenvalue weighted by molar-refractivity contribution is -0.112. The van der Waals surface area contributed by atoms with Crippen LogP contribution < -0.4 is 10.1 Å². The van der Waals surface area contributed by atoms with Gasteiger partial charge < -0.3 is 10.1 Å². The first kappa shape index (κ1) is 18.9. The van der Waals surface area contributed by atoms with Gasteiger partial charge in [0, 0.05) is 5.56 Å². The fourth-order valence-electron chi connectivity index (χ4n) is 2.74. The van der Waals surface area contributed by atoms with Gasteiger partial charge in [-0.2, -0.15) is 5.26 Å². The lowest BCUT2D eigenvalue weighted by atomic mass is 10.0. The maximum absolute atomic E-state index is 13.8. The van der Waals surface area contributed by atoms with Gasteiger partial charge in [0.2, 0.25) is 0 Å². The molecule has 0 unspecified atom stereocenters. The van der Waals surface area contributed by atoms with E-state index >= 15 is 0 Å². The zero-order chi connectivity index (χ0) is 19.9. The third-order valence-corrected chi connectivity index (χ3v) is 4.06. The summed E-state index contributed by atoms with van der Waals surface area (Å²) in [5, 5.41) is 13.7. The molecule has 0 heterocycles. The number of nitriles is 1. The zero-order valence-corrected chi connectivity index (χ0v) is 15.0. The quantitative estimate of drug-likeness (QED) is 0.372. The highest BCUT2D eigenvalue weighted by molar-refractivity contribution is 6.11. The second-order valence-corrected chi connectivity index (χ2v) is 5.90. The highest BCUT2D eigenvalue weighted by Crippen LogP contribution is 2.30. The first-order valence-corrected chi connectivity index (χ1v) is 8.57. The minimum Gasteiger partial charge on any atom is -0.489 e. The molecule has 4 nitrogen and oxygen atoms in total. The number of carbonyl (C=O) groups excluding carboxylic acids is 1. The molecule has 0 saturated heterocycles. The Bertz CT molecular complexity index is 1110. The monoisotopic (exact) mass is 372 g/mol. The zero-order valence-electron chi connectivity index (χ0n) is 15.0. The molecule has 0 radical (unpaired) electrons. The molecule has 1 N–H and O–H groups in total. The standard InChI is InChI=1S/C23H17FN2O2/c1-2-13-28-22-12-11-16-7-3-4-8-18(16)19(22)14-17(15-25)23(27)26-21-10-6-5-9-20(21)24/h2-12,14H,1,13H2,(H,26,27)/b17-14+. The Balaban J connectivity index is 2.05. The van der Waals surface area contributed by atoms with Crippen LogP contribution in [0, 0.1) is 17.1 Å². The minimum atomic E-state index is -0.699. The van der Waals surface area contributed by atoms with Crippen molar-refractivity contribution < 1.29 is 13.9 Å². The van der Waals surface area contributed by atoms with E-state index in [1.165, 1.54) is 24.3 Å². The van der Waals surface area contributed by atoms with E-state index in [0.29, 0.717) is 11.3 Å². The Labute approximate surface area is 162 Å². The number of halogens is 1. The topological polar surface area (TPSA) is 62.1 Å². The third-order valence-electron chi connectivity index (χ3n) is 4.06. The molecule has 3 rings (SSSR count). The lowest BCUT2D eigenvalue weighted by Gasteiger charge is -2.11. The SMILES string of the molecule is C=CCOc1ccc2ccccc2c1/C=C(\C#N)C(=O)Nc1ccccc1F. The number of fused-ring (bicyclic) bond motifs is 1. The second-order valence-electron chi connectivity index (χ2n) is 5.90. The van der Waals surface area contributed by atoms with Crippen molar-refractivity contribution in [2.75, 3.05) is 11.9 Å². The Morgan fingerprint density at radius 1 is 1.14 bits per heavy atom. The maximum atomic E-state index is 13.8. The Kier molecular flexibility index (Phi) is 5.83. The summed E-state index contributed by atoms with van der Waals surface area (Å²) >= 11 is 0. The molecule has 0 atom stereocenters. The molecule has 0 aliphatic heterocycles. The average Bonchev–Trinajstić information content (AvgIpc) is 2.72. The molecule has 138 valence electrons. The van der Waals surface area contributed by atoms with E-state index in [0.717, 1.165) is 10.8 Å². The average molecular weight is 372 g/mol. The number of para-hydroxylation sites is 1. The second kappa shape index (κ2) is 8.65. The summed E-state index contributed by atoms with van der Waals surface area (Å²) in [5.74, 6) is -0.756. The van der Waals surface area contributed by atoms with Gasteiger partial charge in [-0.25, -0.2) is 4.39 Å². The fourth-order valence-corrected chi connectivity index (χ4v) is 2.74. The third kappa shape index (κ3) is 4.08. The van der Waals surface area contributed by atoms with Crippen LogP contribution >= 0.6 is 0 Å². The predicted molar refractivity (Wildman–Crippen MR) is 108 cm³/mol. The summed E-state index contributed by atoms with van der Waals surface area (Å²) in [6, 6.07) is 18.9. The first-order valence-electron chi connectivity index (χ1n) is 8.57. The van der Waals surface area contributed by atoms with Crippen molar-refractivity contribution >= 4 is 28.4 Å². The molecule has 0 saturated carbocycles. The Hall–Kier alpha value is -3.91. The molecule has 0 aliphatic rings. The number of hydrogen-bond donors (Lipinski definition) is 1. The van der Waals surface area contributed by atoms with Crippen molar-refractivity contribution in [2.45, 2.75) is 0 Å². The summed E-state index contributed by atoms with van der Waals surface area (Å²) in [6.07, 6.45) is 3.07. The van der Waals surface area contributed by atoms with Crippen LogP contribution in [0.15, 0.2) is 78.9 Å². The van der Waals surface area contributed by atoms with Crippen LogP contribution in [0.2, 0.25) is 0 Å². The molecule has 3 aromatic rings. The molecular formula is C23H17FN2O2. The lowest BCUT2D eigenvalue weighted by Crippen LogP contribution is -2.14. The number of anilines is 1. The van der Waals surface area contributed by atoms with Crippen molar-refractivity contribution in [3.63, 3.8) is 0 Å². The van der Waals surface area contributed by atoms with Gasteiger partial charge in [0.15, 0.2) is 0 Å². The molecule has 0 aromatic heterocycles. The van der Waals surface area contributed by atoms with Crippen LogP contribution in [0.4, 0.5) is 10.1 Å². The van der Waals surface area contributed by atoms with E-state index in [1.54, 1.807) is 18.2 Å². The number of amides is 1. The number of nitrogens with zero attached hydrogens (tertiary/aromatic N) is 1. The van der Waals surface area contributed by atoms with E-state index in [1.807, 2.05) is 36.4 Å². The van der Waals surface area contributed by atoms with Gasteiger partial charge in [-0.3, -0.25) is 4.79 Å². The Morgan fingerprint density at radius 3 is 2.64 bits per heavy atom. The first-order chi connectivity index (χ1) is 13.6. The smallest absolute Gasteiger partial charge is 0.266 e. The summed E-state index contributed by atoms with van der Waals surface area (Å²) in [6.45, 7) is 3.92. The molecule has 5 heteroatoms. The molecule has 0 fully saturated rings. The molecule has 1 amide bonds. The largest absolute Gasteiger partial charge is 0.489 e. The van der Waals surface area contributed by atoms with Crippen molar-refractivity contribution in [3.05, 3.63) is 90.3 Å². The van der Waals surface area contributed by atoms with Crippen molar-refractivity contribution in [1.29, 1.82) is 5.26 Å². The number of benzene rings is 3. The van der Waals surface area contributed by atoms with Crippen LogP contribution in [0.5, 0.6) is 5.75 Å². The summed E-state index contributed by atoms with van der Waals surface area (Å²) < 4.78 is 19.5. The van der Waals surface area contributed by atoms with Crippen molar-refractivity contribution in [1.82, 2.24) is 0 Å². The van der Waals surface area contributed by atoms with E-state index < -0.39 is 11.7 Å². The van der Waals surface area contributed by atoms with E-state index in [2.05, 4.69) is 11.9 Å². The molecule has 0 bridgehead atoms. The van der Waals surface area contributed by atoms with Gasteiger partial charge >= 0.3 is 0 Å². The summed E-state index contributed by atoms with van der Waals surface area (Å²) in [4.78, 5) is 12.5. The van der Waals surface area contributed by atoms with Crippen LogP contribution in [-0.4, -0.2) is 12.5 Å². The van der Waals surface area contributed by atoms with Gasteiger partial charge in [0.25, 0.3) is 5.91 Å². The number of nitrogens with one attached hydrogen (secondary N) is 1. The summed E-state index contributed by atoms with van der Waals surface area (Å²) in [7, 11) is 0. The van der Waals surface area contributed by atoms with Gasteiger partial charge in [0.1, 0.15) is 29.8 Å². The highest BCUT2D eigenvalue weighted by Gasteiger charge is 2.15. The molecule has 3 aromatic carbocycles. The fraction of sp³-hybridized carbons (Fsp3) is 0.0435. The molecular weight excluding hydrogens is 355 g/mol. The molecule has 28 heavy (non-hydrogen) atoms. The van der Waals surface area contributed by atoms with Crippen molar-refractivity contribution in [3.8, 4) is 11.8 Å². The highest BCUT2D eigenvalue weighted by atomic mass is 19.1. The number of ether oxygens (including phenoxy) is 1. The van der Waals surface area contributed by atoms with Gasteiger partial charge in [-0.1, -0.05) is 55.1 Å². The minimum absolute atomic E-state index is 0.00898. The number of hydrogen-bond acceptors (Lipinski definition) is 3. The van der Waals surface area contributed by atoms with Gasteiger partial charge in [-0.05, 0) is 35.0 Å². The van der Waals surface area contributed by atoms with E-state index in [9.17, 15) is 14.4 Å². The van der Waals surface area contributed by atoms with Crippen LogP contribution in [0.3, 0.4) is 0 Å². The van der Waals surface area contributed by atoms with Gasteiger partial charge in [0.05, 0.1) is 5.69 Å². The van der Waals surface area contributed by atoms with Crippen LogP contribution in [0.1, 0.15) is 5.56 Å².